The molecule has 0 saturated heterocycles. The molecule has 0 heterocycles. The van der Waals surface area contributed by atoms with E-state index in [1.165, 1.54) is 24.0 Å². The van der Waals surface area contributed by atoms with E-state index in [0.29, 0.717) is 11.8 Å². The molecule has 0 aromatic heterocycles. The third kappa shape index (κ3) is 2.14. The topological polar surface area (TPSA) is 0 Å². The van der Waals surface area contributed by atoms with Crippen molar-refractivity contribution in [1.82, 2.24) is 0 Å². The molecule has 0 N–H and O–H groups in total. The van der Waals surface area contributed by atoms with Crippen LogP contribution in [0.5, 0.6) is 0 Å². The monoisotopic (exact) mass is 220 g/mol. The summed E-state index contributed by atoms with van der Waals surface area (Å²) in [5.41, 5.74) is 3.50. The van der Waals surface area contributed by atoms with E-state index in [2.05, 4.69) is 33.8 Å². The van der Waals surface area contributed by atoms with Crippen molar-refractivity contribution in [2.45, 2.75) is 58.3 Å². The summed E-state index contributed by atoms with van der Waals surface area (Å²) in [6.45, 7) is 8.42. The summed E-state index contributed by atoms with van der Waals surface area (Å²) in [7, 11) is 0. The number of benzene rings is 1. The largest absolute Gasteiger partial charge is 0.207 e. The molecule has 0 spiro atoms. The van der Waals surface area contributed by atoms with Crippen LogP contribution in [-0.2, 0) is 0 Å². The van der Waals surface area contributed by atoms with E-state index in [9.17, 15) is 4.39 Å². The maximum absolute atomic E-state index is 13.9. The summed E-state index contributed by atoms with van der Waals surface area (Å²) in [6, 6.07) is 3.89. The fourth-order valence-electron chi connectivity index (χ4n) is 2.31. The minimum Gasteiger partial charge on any atom is -0.207 e. The number of rotatable bonds is 3. The Balaban J connectivity index is 2.50. The normalized spacial score (nSPS) is 16.2. The summed E-state index contributed by atoms with van der Waals surface area (Å²) >= 11 is 0. The first-order valence-electron chi connectivity index (χ1n) is 6.34. The van der Waals surface area contributed by atoms with Crippen molar-refractivity contribution < 1.29 is 4.39 Å². The van der Waals surface area contributed by atoms with Gasteiger partial charge < -0.3 is 0 Å². The molecule has 1 aromatic rings. The van der Waals surface area contributed by atoms with E-state index in [0.717, 1.165) is 5.56 Å². The van der Waals surface area contributed by atoms with Crippen molar-refractivity contribution >= 4 is 0 Å². The standard InChI is InChI=1S/C15H21F/c1-9(2)12-8-15(16)13(10(3)4)7-14(12)11-5-6-11/h7-11H,5-6H2,1-4H3. The van der Waals surface area contributed by atoms with Crippen LogP contribution >= 0.6 is 0 Å². The van der Waals surface area contributed by atoms with E-state index >= 15 is 0 Å². The van der Waals surface area contributed by atoms with Crippen molar-refractivity contribution in [1.29, 1.82) is 0 Å². The summed E-state index contributed by atoms with van der Waals surface area (Å²) in [4.78, 5) is 0. The van der Waals surface area contributed by atoms with Gasteiger partial charge in [-0.2, -0.15) is 0 Å². The van der Waals surface area contributed by atoms with Gasteiger partial charge >= 0.3 is 0 Å². The molecule has 16 heavy (non-hydrogen) atoms. The molecule has 0 unspecified atom stereocenters. The maximum atomic E-state index is 13.9. The zero-order valence-electron chi connectivity index (χ0n) is 10.7. The van der Waals surface area contributed by atoms with Gasteiger partial charge in [0.15, 0.2) is 0 Å². The van der Waals surface area contributed by atoms with Crippen molar-refractivity contribution in [3.63, 3.8) is 0 Å². The van der Waals surface area contributed by atoms with Crippen molar-refractivity contribution in [3.8, 4) is 0 Å². The molecule has 0 radical (unpaired) electrons. The number of hydrogen-bond acceptors (Lipinski definition) is 0. The van der Waals surface area contributed by atoms with Crippen molar-refractivity contribution in [3.05, 3.63) is 34.6 Å². The Kier molecular flexibility index (Phi) is 3.05. The van der Waals surface area contributed by atoms with Crippen molar-refractivity contribution in [2.24, 2.45) is 0 Å². The lowest BCUT2D eigenvalue weighted by Gasteiger charge is -2.17. The van der Waals surface area contributed by atoms with Gasteiger partial charge in [-0.3, -0.25) is 0 Å². The van der Waals surface area contributed by atoms with Gasteiger partial charge in [-0.25, -0.2) is 4.39 Å². The zero-order valence-corrected chi connectivity index (χ0v) is 10.7. The van der Waals surface area contributed by atoms with Crippen LogP contribution < -0.4 is 0 Å². The van der Waals surface area contributed by atoms with Crippen LogP contribution in [-0.4, -0.2) is 0 Å². The number of hydrogen-bond donors (Lipinski definition) is 0. The summed E-state index contributed by atoms with van der Waals surface area (Å²) in [5, 5.41) is 0. The summed E-state index contributed by atoms with van der Waals surface area (Å²) < 4.78 is 13.9. The second-order valence-corrected chi connectivity index (χ2v) is 5.59. The van der Waals surface area contributed by atoms with Crippen LogP contribution in [0.15, 0.2) is 12.1 Å². The highest BCUT2D eigenvalue weighted by Gasteiger charge is 2.28. The molecule has 1 fully saturated rings. The van der Waals surface area contributed by atoms with E-state index in [4.69, 9.17) is 0 Å². The first kappa shape index (κ1) is 11.6. The van der Waals surface area contributed by atoms with Crippen LogP contribution in [0.2, 0.25) is 0 Å². The maximum Gasteiger partial charge on any atom is 0.126 e. The third-order valence-corrected chi connectivity index (χ3v) is 3.46. The quantitative estimate of drug-likeness (QED) is 0.676. The molecule has 0 atom stereocenters. The lowest BCUT2D eigenvalue weighted by atomic mass is 9.89. The van der Waals surface area contributed by atoms with Gasteiger partial charge in [0.1, 0.15) is 5.82 Å². The Bertz CT molecular complexity index is 387. The summed E-state index contributed by atoms with van der Waals surface area (Å²) in [5.74, 6) is 1.38. The van der Waals surface area contributed by atoms with Gasteiger partial charge in [0.25, 0.3) is 0 Å². The molecule has 2 rings (SSSR count). The fraction of sp³-hybridized carbons (Fsp3) is 0.600. The predicted octanol–water partition coefficient (Wildman–Crippen LogP) is 4.95. The smallest absolute Gasteiger partial charge is 0.126 e. The van der Waals surface area contributed by atoms with E-state index in [1.54, 1.807) is 6.07 Å². The predicted molar refractivity (Wildman–Crippen MR) is 66.6 cm³/mol. The molecule has 0 bridgehead atoms. The first-order valence-corrected chi connectivity index (χ1v) is 6.34. The van der Waals surface area contributed by atoms with Crippen LogP contribution in [0.25, 0.3) is 0 Å². The van der Waals surface area contributed by atoms with Crippen molar-refractivity contribution in [2.75, 3.05) is 0 Å². The Hall–Kier alpha value is -0.850. The van der Waals surface area contributed by atoms with Gasteiger partial charge in [-0.1, -0.05) is 33.8 Å². The highest BCUT2D eigenvalue weighted by molar-refractivity contribution is 5.40. The Morgan fingerprint density at radius 3 is 2.00 bits per heavy atom. The third-order valence-electron chi connectivity index (χ3n) is 3.46. The minimum absolute atomic E-state index is 0.0249. The lowest BCUT2D eigenvalue weighted by Crippen LogP contribution is -2.02. The minimum atomic E-state index is -0.0249. The molecule has 88 valence electrons. The number of halogens is 1. The van der Waals surface area contributed by atoms with Crippen LogP contribution in [0.4, 0.5) is 4.39 Å². The molecule has 1 heteroatoms. The van der Waals surface area contributed by atoms with Gasteiger partial charge in [-0.15, -0.1) is 0 Å². The second-order valence-electron chi connectivity index (χ2n) is 5.59. The van der Waals surface area contributed by atoms with Gasteiger partial charge in [0, 0.05) is 0 Å². The molecule has 1 saturated carbocycles. The molecular weight excluding hydrogens is 199 g/mol. The SMILES string of the molecule is CC(C)c1cc(C2CC2)c(C(C)C)cc1F. The Morgan fingerprint density at radius 1 is 1.00 bits per heavy atom. The average Bonchev–Trinajstić information content (AvgIpc) is 3.00. The molecular formula is C15H21F. The molecule has 1 aromatic carbocycles. The van der Waals surface area contributed by atoms with Gasteiger partial charge in [0.2, 0.25) is 0 Å². The molecule has 0 amide bonds. The van der Waals surface area contributed by atoms with E-state index < -0.39 is 0 Å². The average molecular weight is 220 g/mol. The molecule has 0 aliphatic heterocycles. The van der Waals surface area contributed by atoms with Crippen LogP contribution in [0, 0.1) is 5.82 Å². The summed E-state index contributed by atoms with van der Waals surface area (Å²) in [6.07, 6.45) is 2.56. The second kappa shape index (κ2) is 4.20. The van der Waals surface area contributed by atoms with Crippen LogP contribution in [0.3, 0.4) is 0 Å². The van der Waals surface area contributed by atoms with Crippen LogP contribution in [0.1, 0.15) is 75.0 Å². The highest BCUT2D eigenvalue weighted by atomic mass is 19.1. The molecule has 1 aliphatic carbocycles. The molecule has 1 aliphatic rings. The first-order chi connectivity index (χ1) is 7.50. The fourth-order valence-corrected chi connectivity index (χ4v) is 2.31. The Morgan fingerprint density at radius 2 is 1.56 bits per heavy atom. The van der Waals surface area contributed by atoms with Gasteiger partial charge in [-0.05, 0) is 53.4 Å². The zero-order chi connectivity index (χ0) is 11.9. The highest BCUT2D eigenvalue weighted by Crippen LogP contribution is 2.44. The van der Waals surface area contributed by atoms with E-state index in [1.807, 2.05) is 0 Å². The van der Waals surface area contributed by atoms with Gasteiger partial charge in [0.05, 0.1) is 0 Å². The van der Waals surface area contributed by atoms with E-state index in [-0.39, 0.29) is 11.7 Å². The lowest BCUT2D eigenvalue weighted by molar-refractivity contribution is 0.592. The Labute approximate surface area is 97.9 Å². The molecule has 0 nitrogen and oxygen atoms in total.